The Balaban J connectivity index is 1.68. The van der Waals surface area contributed by atoms with Gasteiger partial charge in [-0.15, -0.1) is 10.2 Å². The first-order valence-corrected chi connectivity index (χ1v) is 11.6. The van der Waals surface area contributed by atoms with Gasteiger partial charge in [-0.3, -0.25) is 4.79 Å². The molecule has 3 N–H and O–H groups in total. The highest BCUT2D eigenvalue weighted by Crippen LogP contribution is 2.28. The first kappa shape index (κ1) is 21.9. The van der Waals surface area contributed by atoms with Crippen molar-refractivity contribution in [3.63, 3.8) is 0 Å². The highest BCUT2D eigenvalue weighted by atomic mass is 32.2. The second-order valence-corrected chi connectivity index (χ2v) is 9.02. The van der Waals surface area contributed by atoms with Crippen LogP contribution in [0.3, 0.4) is 0 Å². The number of aromatic nitrogens is 3. The standard InChI is InChI=1S/C21H22FN5O4S/c1-31-18-9-7-14(32(23,29)30)12-15(18)21(28)24-17-11-13(6-8-16(17)22)20-26-25-19-5-3-2-4-10-27(19)20/h6-9,11-12H,2-5,10H2,1H3,(H,24,28)(H2,23,29,30). The molecule has 0 radical (unpaired) electrons. The average Bonchev–Trinajstić information content (AvgIpc) is 3.02. The molecule has 11 heteroatoms. The number of amides is 1. The van der Waals surface area contributed by atoms with Crippen molar-refractivity contribution in [3.8, 4) is 17.1 Å². The number of fused-ring (bicyclic) bond motifs is 1. The zero-order chi connectivity index (χ0) is 22.9. The number of ether oxygens (including phenoxy) is 1. The third kappa shape index (κ3) is 4.34. The number of nitrogens with one attached hydrogen (secondary N) is 1. The molecule has 2 heterocycles. The smallest absolute Gasteiger partial charge is 0.259 e. The number of hydrogen-bond donors (Lipinski definition) is 2. The van der Waals surface area contributed by atoms with Crippen LogP contribution in [0.1, 0.15) is 35.4 Å². The summed E-state index contributed by atoms with van der Waals surface area (Å²) >= 11 is 0. The Morgan fingerprint density at radius 2 is 1.97 bits per heavy atom. The van der Waals surface area contributed by atoms with E-state index in [0.29, 0.717) is 11.4 Å². The van der Waals surface area contributed by atoms with Gasteiger partial charge in [0.05, 0.1) is 23.3 Å². The van der Waals surface area contributed by atoms with Crippen LogP contribution in [0.5, 0.6) is 5.75 Å². The minimum Gasteiger partial charge on any atom is -0.496 e. The summed E-state index contributed by atoms with van der Waals surface area (Å²) in [5, 5.41) is 16.2. The first-order valence-electron chi connectivity index (χ1n) is 10.0. The van der Waals surface area contributed by atoms with Crippen LogP contribution in [0.4, 0.5) is 10.1 Å². The number of anilines is 1. The summed E-state index contributed by atoms with van der Waals surface area (Å²) in [6, 6.07) is 7.92. The van der Waals surface area contributed by atoms with Crippen LogP contribution in [0.15, 0.2) is 41.3 Å². The second-order valence-electron chi connectivity index (χ2n) is 7.46. The number of benzene rings is 2. The molecule has 0 saturated carbocycles. The number of aryl methyl sites for hydroxylation is 1. The molecule has 1 aromatic heterocycles. The fourth-order valence-electron chi connectivity index (χ4n) is 3.69. The Labute approximate surface area is 184 Å². The number of methoxy groups -OCH3 is 1. The summed E-state index contributed by atoms with van der Waals surface area (Å²) in [7, 11) is -2.71. The van der Waals surface area contributed by atoms with Gasteiger partial charge in [0.25, 0.3) is 5.91 Å². The third-order valence-electron chi connectivity index (χ3n) is 5.33. The second kappa shape index (κ2) is 8.67. The van der Waals surface area contributed by atoms with Crippen molar-refractivity contribution in [2.24, 2.45) is 5.14 Å². The van der Waals surface area contributed by atoms with Crippen molar-refractivity contribution < 1.29 is 22.3 Å². The van der Waals surface area contributed by atoms with Gasteiger partial charge < -0.3 is 14.6 Å². The lowest BCUT2D eigenvalue weighted by molar-refractivity contribution is 0.102. The SMILES string of the molecule is COc1ccc(S(N)(=O)=O)cc1C(=O)Nc1cc(-c2nnc3n2CCCCC3)ccc1F. The lowest BCUT2D eigenvalue weighted by Crippen LogP contribution is -2.17. The lowest BCUT2D eigenvalue weighted by Gasteiger charge is -2.13. The molecule has 1 amide bonds. The van der Waals surface area contributed by atoms with Gasteiger partial charge in [0.15, 0.2) is 5.82 Å². The zero-order valence-electron chi connectivity index (χ0n) is 17.3. The van der Waals surface area contributed by atoms with Crippen LogP contribution < -0.4 is 15.2 Å². The third-order valence-corrected chi connectivity index (χ3v) is 6.24. The molecule has 1 aliphatic heterocycles. The van der Waals surface area contributed by atoms with Gasteiger partial charge in [0.2, 0.25) is 10.0 Å². The van der Waals surface area contributed by atoms with E-state index in [1.54, 1.807) is 6.07 Å². The Kier molecular flexibility index (Phi) is 5.94. The Morgan fingerprint density at radius 1 is 1.16 bits per heavy atom. The zero-order valence-corrected chi connectivity index (χ0v) is 18.2. The molecule has 32 heavy (non-hydrogen) atoms. The van der Waals surface area contributed by atoms with E-state index in [4.69, 9.17) is 9.88 Å². The van der Waals surface area contributed by atoms with Crippen molar-refractivity contribution in [1.29, 1.82) is 0 Å². The summed E-state index contributed by atoms with van der Waals surface area (Å²) in [4.78, 5) is 12.6. The predicted octanol–water partition coefficient (Wildman–Crippen LogP) is 2.72. The van der Waals surface area contributed by atoms with E-state index in [1.807, 2.05) is 4.57 Å². The number of rotatable bonds is 5. The molecule has 0 unspecified atom stereocenters. The first-order chi connectivity index (χ1) is 15.3. The van der Waals surface area contributed by atoms with E-state index in [-0.39, 0.29) is 21.9 Å². The Hall–Kier alpha value is -3.31. The van der Waals surface area contributed by atoms with Crippen LogP contribution in [0.2, 0.25) is 0 Å². The van der Waals surface area contributed by atoms with Crippen molar-refractivity contribution in [2.75, 3.05) is 12.4 Å². The molecular weight excluding hydrogens is 437 g/mol. The topological polar surface area (TPSA) is 129 Å². The number of nitrogens with two attached hydrogens (primary N) is 1. The number of primary sulfonamides is 1. The molecule has 0 spiro atoms. The Morgan fingerprint density at radius 3 is 2.72 bits per heavy atom. The van der Waals surface area contributed by atoms with Crippen molar-refractivity contribution in [2.45, 2.75) is 37.1 Å². The summed E-state index contributed by atoms with van der Waals surface area (Å²) in [5.41, 5.74) is 0.425. The number of carbonyl (C=O) groups excluding carboxylic acids is 1. The van der Waals surface area contributed by atoms with Gasteiger partial charge in [-0.05, 0) is 49.2 Å². The molecule has 0 fully saturated rings. The van der Waals surface area contributed by atoms with E-state index < -0.39 is 21.7 Å². The van der Waals surface area contributed by atoms with Crippen LogP contribution in [0, 0.1) is 5.82 Å². The number of halogens is 1. The van der Waals surface area contributed by atoms with Gasteiger partial charge >= 0.3 is 0 Å². The highest BCUT2D eigenvalue weighted by molar-refractivity contribution is 7.89. The number of nitrogens with zero attached hydrogens (tertiary/aromatic N) is 3. The van der Waals surface area contributed by atoms with E-state index in [9.17, 15) is 17.6 Å². The minimum absolute atomic E-state index is 0.0819. The fourth-order valence-corrected chi connectivity index (χ4v) is 4.23. The van der Waals surface area contributed by atoms with Gasteiger partial charge in [0, 0.05) is 18.5 Å². The molecule has 2 aromatic carbocycles. The molecule has 0 bridgehead atoms. The molecule has 168 valence electrons. The van der Waals surface area contributed by atoms with Crippen LogP contribution in [-0.4, -0.2) is 36.2 Å². The molecule has 3 aromatic rings. The maximum absolute atomic E-state index is 14.5. The van der Waals surface area contributed by atoms with E-state index in [0.717, 1.165) is 44.1 Å². The highest BCUT2D eigenvalue weighted by Gasteiger charge is 2.20. The summed E-state index contributed by atoms with van der Waals surface area (Å²) < 4.78 is 45.0. The van der Waals surface area contributed by atoms with Crippen molar-refractivity contribution in [3.05, 3.63) is 53.6 Å². The van der Waals surface area contributed by atoms with Crippen LogP contribution in [0.25, 0.3) is 11.4 Å². The lowest BCUT2D eigenvalue weighted by atomic mass is 10.1. The van der Waals surface area contributed by atoms with Crippen LogP contribution >= 0.6 is 0 Å². The fraction of sp³-hybridized carbons (Fsp3) is 0.286. The minimum atomic E-state index is -4.04. The molecule has 4 rings (SSSR count). The largest absolute Gasteiger partial charge is 0.496 e. The summed E-state index contributed by atoms with van der Waals surface area (Å²) in [5.74, 6) is 0.208. The molecule has 0 saturated heterocycles. The maximum atomic E-state index is 14.5. The molecule has 1 aliphatic rings. The molecule has 9 nitrogen and oxygen atoms in total. The normalized spacial score (nSPS) is 13.8. The molecule has 0 aliphatic carbocycles. The van der Waals surface area contributed by atoms with E-state index in [2.05, 4.69) is 15.5 Å². The maximum Gasteiger partial charge on any atom is 0.259 e. The van der Waals surface area contributed by atoms with Gasteiger partial charge in [-0.25, -0.2) is 17.9 Å². The number of sulfonamides is 1. The number of carbonyl (C=O) groups is 1. The summed E-state index contributed by atoms with van der Waals surface area (Å²) in [6.45, 7) is 0.772. The van der Waals surface area contributed by atoms with Gasteiger partial charge in [-0.2, -0.15) is 0 Å². The predicted molar refractivity (Wildman–Crippen MR) is 115 cm³/mol. The monoisotopic (exact) mass is 459 g/mol. The Bertz CT molecular complexity index is 1290. The van der Waals surface area contributed by atoms with Crippen LogP contribution in [-0.2, 0) is 23.0 Å². The number of hydrogen-bond acceptors (Lipinski definition) is 6. The van der Waals surface area contributed by atoms with Gasteiger partial charge in [0.1, 0.15) is 17.4 Å². The van der Waals surface area contributed by atoms with E-state index >= 15 is 0 Å². The molecule has 0 atom stereocenters. The van der Waals surface area contributed by atoms with E-state index in [1.165, 1.54) is 31.4 Å². The van der Waals surface area contributed by atoms with Crippen molar-refractivity contribution in [1.82, 2.24) is 14.8 Å². The molecular formula is C21H22FN5O4S. The van der Waals surface area contributed by atoms with Gasteiger partial charge in [-0.1, -0.05) is 6.42 Å². The quantitative estimate of drug-likeness (QED) is 0.604. The van der Waals surface area contributed by atoms with Crippen molar-refractivity contribution >= 4 is 21.6 Å². The summed E-state index contributed by atoms with van der Waals surface area (Å²) in [6.07, 6.45) is 3.98. The average molecular weight is 460 g/mol.